The summed E-state index contributed by atoms with van der Waals surface area (Å²) in [6.07, 6.45) is 2.03. The fourth-order valence-corrected chi connectivity index (χ4v) is 1.59. The highest BCUT2D eigenvalue weighted by molar-refractivity contribution is 5.84. The highest BCUT2D eigenvalue weighted by Gasteiger charge is 2.18. The smallest absolute Gasteiger partial charge is 0.366 e. The lowest BCUT2D eigenvalue weighted by Crippen LogP contribution is -2.20. The number of aliphatic carboxylic acids is 2. The Bertz CT molecular complexity index is 557. The van der Waals surface area contributed by atoms with Gasteiger partial charge < -0.3 is 14.7 Å². The van der Waals surface area contributed by atoms with E-state index in [4.69, 9.17) is 10.2 Å². The van der Waals surface area contributed by atoms with E-state index in [0.717, 1.165) is 12.6 Å². The van der Waals surface area contributed by atoms with Crippen LogP contribution < -0.4 is 5.63 Å². The number of hydrogen-bond acceptors (Lipinski definition) is 5. The summed E-state index contributed by atoms with van der Waals surface area (Å²) in [5, 5.41) is 19.9. The second kappa shape index (κ2) is 7.27. The Kier molecular flexibility index (Phi) is 5.70. The first-order chi connectivity index (χ1) is 9.45. The number of aromatic amines is 1. The summed E-state index contributed by atoms with van der Waals surface area (Å²) in [5.41, 5.74) is 0.0941. The number of aliphatic imine (C=N–C) groups is 1. The number of carbonyl (C=O) groups is 2. The number of rotatable bonds is 8. The number of nitrogens with zero attached hydrogens (tertiary/aromatic N) is 1. The molecule has 0 aromatic carbocycles. The fraction of sp³-hybridized carbons (Fsp3) is 0.500. The van der Waals surface area contributed by atoms with Crippen LogP contribution in [0, 0.1) is 0 Å². The van der Waals surface area contributed by atoms with Crippen molar-refractivity contribution in [2.24, 2.45) is 4.99 Å². The molecule has 8 nitrogen and oxygen atoms in total. The van der Waals surface area contributed by atoms with E-state index >= 15 is 0 Å². The zero-order valence-corrected chi connectivity index (χ0v) is 11.0. The van der Waals surface area contributed by atoms with Gasteiger partial charge in [-0.25, -0.2) is 14.7 Å². The molecule has 3 N–H and O–H groups in total. The molecule has 0 aliphatic heterocycles. The molecule has 110 valence electrons. The maximum atomic E-state index is 11.4. The number of aromatic nitrogens is 1. The summed E-state index contributed by atoms with van der Waals surface area (Å²) in [6.45, 7) is 1.92. The van der Waals surface area contributed by atoms with Gasteiger partial charge in [0.1, 0.15) is 11.6 Å². The maximum Gasteiger partial charge on any atom is 0.366 e. The van der Waals surface area contributed by atoms with Gasteiger partial charge in [-0.2, -0.15) is 0 Å². The van der Waals surface area contributed by atoms with Crippen LogP contribution in [0.25, 0.3) is 0 Å². The molecule has 1 atom stereocenters. The van der Waals surface area contributed by atoms with Crippen LogP contribution in [0.2, 0.25) is 0 Å². The largest absolute Gasteiger partial charge is 0.481 e. The van der Waals surface area contributed by atoms with Crippen LogP contribution in [-0.2, 0) is 16.0 Å². The molecule has 1 unspecified atom stereocenters. The molecule has 8 heteroatoms. The van der Waals surface area contributed by atoms with Crippen LogP contribution in [0.5, 0.6) is 0 Å². The Morgan fingerprint density at radius 1 is 1.45 bits per heavy atom. The van der Waals surface area contributed by atoms with Gasteiger partial charge in [-0.05, 0) is 12.8 Å². The van der Waals surface area contributed by atoms with Gasteiger partial charge in [0.05, 0.1) is 5.69 Å². The van der Waals surface area contributed by atoms with Crippen molar-refractivity contribution in [2.75, 3.05) is 0 Å². The van der Waals surface area contributed by atoms with E-state index in [9.17, 15) is 14.4 Å². The lowest BCUT2D eigenvalue weighted by molar-refractivity contribution is -0.139. The van der Waals surface area contributed by atoms with Gasteiger partial charge >= 0.3 is 17.6 Å². The number of carboxylic acid groups (broad SMARTS) is 2. The molecule has 20 heavy (non-hydrogen) atoms. The second-order valence-corrected chi connectivity index (χ2v) is 4.20. The molecule has 0 fully saturated rings. The number of aryl methyl sites for hydroxylation is 1. The predicted octanol–water partition coefficient (Wildman–Crippen LogP) is 0.657. The second-order valence-electron chi connectivity index (χ2n) is 4.20. The van der Waals surface area contributed by atoms with Gasteiger partial charge in [-0.1, -0.05) is 13.3 Å². The summed E-state index contributed by atoms with van der Waals surface area (Å²) in [7, 11) is 0. The minimum Gasteiger partial charge on any atom is -0.481 e. The average Bonchev–Trinajstić information content (AvgIpc) is 2.70. The van der Waals surface area contributed by atoms with E-state index in [0.29, 0.717) is 12.1 Å². The number of carboxylic acids is 2. The zero-order valence-electron chi connectivity index (χ0n) is 11.0. The first-order valence-electron chi connectivity index (χ1n) is 6.13. The minimum atomic E-state index is -1.24. The molecule has 0 amide bonds. The molecule has 1 aromatic rings. The van der Waals surface area contributed by atoms with Crippen molar-refractivity contribution >= 4 is 18.2 Å². The normalized spacial score (nSPS) is 12.7. The van der Waals surface area contributed by atoms with Crippen molar-refractivity contribution < 1.29 is 24.3 Å². The van der Waals surface area contributed by atoms with Crippen LogP contribution in [0.1, 0.15) is 37.4 Å². The van der Waals surface area contributed by atoms with Gasteiger partial charge in [-0.15, -0.1) is 0 Å². The molecule has 0 radical (unpaired) electrons. The van der Waals surface area contributed by atoms with E-state index in [-0.39, 0.29) is 18.4 Å². The summed E-state index contributed by atoms with van der Waals surface area (Å²) in [6, 6.07) is -1.20. The lowest BCUT2D eigenvalue weighted by atomic mass is 10.1. The highest BCUT2D eigenvalue weighted by Crippen LogP contribution is 2.06. The zero-order chi connectivity index (χ0) is 15.1. The van der Waals surface area contributed by atoms with Crippen LogP contribution in [0.4, 0.5) is 0 Å². The Morgan fingerprint density at radius 3 is 2.70 bits per heavy atom. The summed E-state index contributed by atoms with van der Waals surface area (Å²) in [4.78, 5) is 36.6. The van der Waals surface area contributed by atoms with E-state index in [1.807, 2.05) is 6.92 Å². The molecule has 0 saturated carbocycles. The van der Waals surface area contributed by atoms with Crippen molar-refractivity contribution in [3.8, 4) is 0 Å². The Balaban J connectivity index is 2.87. The molecular weight excluding hydrogens is 268 g/mol. The van der Waals surface area contributed by atoms with Crippen molar-refractivity contribution in [1.29, 1.82) is 0 Å². The Hall–Kier alpha value is -2.38. The van der Waals surface area contributed by atoms with Crippen LogP contribution in [-0.4, -0.2) is 39.6 Å². The molecule has 0 bridgehead atoms. The van der Waals surface area contributed by atoms with Gasteiger partial charge in [0, 0.05) is 12.6 Å². The minimum absolute atomic E-state index is 0.139. The highest BCUT2D eigenvalue weighted by atomic mass is 16.5. The van der Waals surface area contributed by atoms with Crippen molar-refractivity contribution in [1.82, 2.24) is 5.16 Å². The first kappa shape index (κ1) is 15.7. The molecule has 0 spiro atoms. The third kappa shape index (κ3) is 4.38. The van der Waals surface area contributed by atoms with E-state index in [1.165, 1.54) is 0 Å². The molecule has 0 saturated heterocycles. The average molecular weight is 284 g/mol. The van der Waals surface area contributed by atoms with E-state index < -0.39 is 23.6 Å². The van der Waals surface area contributed by atoms with E-state index in [2.05, 4.69) is 14.7 Å². The number of nitrogens with one attached hydrogen (secondary N) is 1. The molecule has 0 aliphatic rings. The number of H-pyrrole nitrogens is 1. The van der Waals surface area contributed by atoms with Crippen LogP contribution >= 0.6 is 0 Å². The van der Waals surface area contributed by atoms with Gasteiger partial charge in [0.2, 0.25) is 0 Å². The third-order valence-corrected chi connectivity index (χ3v) is 2.61. The van der Waals surface area contributed by atoms with Gasteiger partial charge in [-0.3, -0.25) is 9.79 Å². The molecular formula is C12H16N2O6. The van der Waals surface area contributed by atoms with Crippen LogP contribution in [0.3, 0.4) is 0 Å². The molecule has 1 rings (SSSR count). The SMILES string of the molecule is CCCc1[nH]oc(=O)c1C=NC(CCC(=O)O)C(=O)O. The van der Waals surface area contributed by atoms with Crippen LogP contribution in [0.15, 0.2) is 14.3 Å². The topological polar surface area (TPSA) is 133 Å². The van der Waals surface area contributed by atoms with Gasteiger partial charge in [0.15, 0.2) is 0 Å². The monoisotopic (exact) mass is 284 g/mol. The quantitative estimate of drug-likeness (QED) is 0.600. The van der Waals surface area contributed by atoms with Crippen molar-refractivity contribution in [2.45, 2.75) is 38.6 Å². The summed E-state index contributed by atoms with van der Waals surface area (Å²) >= 11 is 0. The van der Waals surface area contributed by atoms with Gasteiger partial charge in [0.25, 0.3) is 0 Å². The summed E-state index contributed by atoms with van der Waals surface area (Å²) < 4.78 is 4.63. The number of hydrogen-bond donors (Lipinski definition) is 3. The first-order valence-corrected chi connectivity index (χ1v) is 6.13. The lowest BCUT2D eigenvalue weighted by Gasteiger charge is -2.04. The molecule has 1 heterocycles. The van der Waals surface area contributed by atoms with Crippen molar-refractivity contribution in [3.63, 3.8) is 0 Å². The predicted molar refractivity (Wildman–Crippen MR) is 69.2 cm³/mol. The van der Waals surface area contributed by atoms with E-state index in [1.54, 1.807) is 0 Å². The molecule has 1 aromatic heterocycles. The fourth-order valence-electron chi connectivity index (χ4n) is 1.59. The standard InChI is InChI=1S/C12H16N2O6/c1-2-3-8-7(12(19)20-14-8)6-13-9(11(17)18)4-5-10(15)16/h6,9,14H,2-5H2,1H3,(H,15,16)(H,17,18). The van der Waals surface area contributed by atoms with Crippen molar-refractivity contribution in [3.05, 3.63) is 21.7 Å². The maximum absolute atomic E-state index is 11.4. The Labute approximate surface area is 114 Å². The molecule has 0 aliphatic carbocycles. The Morgan fingerprint density at radius 2 is 2.15 bits per heavy atom. The third-order valence-electron chi connectivity index (χ3n) is 2.61. The summed E-state index contributed by atoms with van der Waals surface area (Å²) in [5.74, 6) is -2.33.